The molecule has 0 unspecified atom stereocenters. The van der Waals surface area contributed by atoms with Crippen LogP contribution >= 0.6 is 0 Å². The van der Waals surface area contributed by atoms with Crippen LogP contribution in [0.5, 0.6) is 5.75 Å². The van der Waals surface area contributed by atoms with Crippen LogP contribution in [0, 0.1) is 17.6 Å². The summed E-state index contributed by atoms with van der Waals surface area (Å²) < 4.78 is 32.9. The number of imide groups is 1. The van der Waals surface area contributed by atoms with Crippen molar-refractivity contribution >= 4 is 17.8 Å². The second-order valence-electron chi connectivity index (χ2n) is 8.86. The van der Waals surface area contributed by atoms with E-state index >= 15 is 0 Å². The lowest BCUT2D eigenvalue weighted by molar-refractivity contribution is -0.143. The third-order valence-corrected chi connectivity index (χ3v) is 6.74. The van der Waals surface area contributed by atoms with E-state index in [0.29, 0.717) is 19.0 Å². The average Bonchev–Trinajstić information content (AvgIpc) is 3.08. The number of carbonyl (C=O) groups is 3. The van der Waals surface area contributed by atoms with Gasteiger partial charge in [-0.25, -0.2) is 13.6 Å². The molecule has 3 heterocycles. The van der Waals surface area contributed by atoms with Crippen LogP contribution in [-0.2, 0) is 21.5 Å². The minimum atomic E-state index is -1.55. The summed E-state index contributed by atoms with van der Waals surface area (Å²) in [4.78, 5) is 39.6. The van der Waals surface area contributed by atoms with Crippen LogP contribution < -0.4 is 15.4 Å². The molecule has 1 spiro atoms. The fourth-order valence-electron chi connectivity index (χ4n) is 5.00. The number of likely N-dealkylation sites (tertiary alicyclic amines) is 1. The molecule has 0 aromatic heterocycles. The molecule has 3 aliphatic heterocycles. The maximum atomic E-state index is 13.9. The van der Waals surface area contributed by atoms with E-state index < -0.39 is 29.4 Å². The van der Waals surface area contributed by atoms with Crippen molar-refractivity contribution < 1.29 is 27.9 Å². The van der Waals surface area contributed by atoms with E-state index in [1.807, 2.05) is 0 Å². The van der Waals surface area contributed by atoms with Gasteiger partial charge >= 0.3 is 6.03 Å². The van der Waals surface area contributed by atoms with Crippen molar-refractivity contribution in [1.82, 2.24) is 15.5 Å². The summed E-state index contributed by atoms with van der Waals surface area (Å²) in [6.45, 7) is 1.07. The molecule has 0 saturated carbocycles. The van der Waals surface area contributed by atoms with Gasteiger partial charge in [0.1, 0.15) is 17.4 Å². The Kier molecular flexibility index (Phi) is 5.26. The highest BCUT2D eigenvalue weighted by Crippen LogP contribution is 2.42. The summed E-state index contributed by atoms with van der Waals surface area (Å²) in [5.41, 5.74) is -0.285. The highest BCUT2D eigenvalue weighted by Gasteiger charge is 2.55. The Balaban J connectivity index is 1.29. The van der Waals surface area contributed by atoms with Crippen LogP contribution in [0.4, 0.5) is 13.6 Å². The Morgan fingerprint density at radius 2 is 1.76 bits per heavy atom. The van der Waals surface area contributed by atoms with E-state index in [4.69, 9.17) is 4.74 Å². The van der Waals surface area contributed by atoms with E-state index in [1.54, 1.807) is 17.0 Å². The van der Waals surface area contributed by atoms with Crippen LogP contribution in [0.1, 0.15) is 30.4 Å². The van der Waals surface area contributed by atoms with Crippen molar-refractivity contribution in [2.75, 3.05) is 13.1 Å². The van der Waals surface area contributed by atoms with Gasteiger partial charge < -0.3 is 15.0 Å². The maximum absolute atomic E-state index is 13.9. The number of amides is 4. The first-order chi connectivity index (χ1) is 15.8. The molecule has 0 bridgehead atoms. The molecule has 2 N–H and O–H groups in total. The van der Waals surface area contributed by atoms with Gasteiger partial charge in [0.2, 0.25) is 0 Å². The Morgan fingerprint density at radius 3 is 2.42 bits per heavy atom. The van der Waals surface area contributed by atoms with Gasteiger partial charge in [-0.1, -0.05) is 12.1 Å². The number of benzene rings is 2. The minimum Gasteiger partial charge on any atom is -0.480 e. The van der Waals surface area contributed by atoms with Gasteiger partial charge in [-0.15, -0.1) is 0 Å². The Bertz CT molecular complexity index is 1120. The lowest BCUT2D eigenvalue weighted by atomic mass is 9.81. The molecule has 7 nitrogen and oxygen atoms in total. The molecular weight excluding hydrogens is 432 g/mol. The Labute approximate surface area is 189 Å². The second kappa shape index (κ2) is 8.13. The van der Waals surface area contributed by atoms with Crippen LogP contribution in [0.3, 0.4) is 0 Å². The van der Waals surface area contributed by atoms with Crippen LogP contribution in [0.25, 0.3) is 0 Å². The van der Waals surface area contributed by atoms with Crippen molar-refractivity contribution in [3.8, 4) is 5.75 Å². The van der Waals surface area contributed by atoms with Crippen molar-refractivity contribution in [1.29, 1.82) is 0 Å². The molecule has 2 aromatic rings. The molecule has 3 aliphatic rings. The quantitative estimate of drug-likeness (QED) is 0.697. The first-order valence-corrected chi connectivity index (χ1v) is 11.0. The number of nitrogens with one attached hydrogen (secondary N) is 2. The number of ether oxygens (including phenoxy) is 1. The minimum absolute atomic E-state index is 0.116. The molecule has 5 rings (SSSR count). The summed E-state index contributed by atoms with van der Waals surface area (Å²) in [5, 5.41) is 4.78. The topological polar surface area (TPSA) is 87.7 Å². The van der Waals surface area contributed by atoms with Gasteiger partial charge in [-0.3, -0.25) is 14.9 Å². The van der Waals surface area contributed by atoms with Gasteiger partial charge in [0.05, 0.1) is 0 Å². The number of rotatable bonds is 3. The summed E-state index contributed by atoms with van der Waals surface area (Å²) in [6, 6.07) is 9.49. The maximum Gasteiger partial charge on any atom is 0.322 e. The lowest BCUT2D eigenvalue weighted by Gasteiger charge is -2.40. The predicted molar refractivity (Wildman–Crippen MR) is 113 cm³/mol. The zero-order valence-corrected chi connectivity index (χ0v) is 17.8. The molecule has 2 atom stereocenters. The third-order valence-electron chi connectivity index (χ3n) is 6.74. The molecule has 0 radical (unpaired) electrons. The van der Waals surface area contributed by atoms with Crippen molar-refractivity contribution in [3.63, 3.8) is 0 Å². The van der Waals surface area contributed by atoms with Crippen LogP contribution in [-0.4, -0.2) is 41.9 Å². The first kappa shape index (κ1) is 21.4. The van der Waals surface area contributed by atoms with E-state index in [-0.39, 0.29) is 29.5 Å². The third kappa shape index (κ3) is 3.92. The summed E-state index contributed by atoms with van der Waals surface area (Å²) in [5.74, 6) is -1.15. The van der Waals surface area contributed by atoms with Crippen LogP contribution in [0.15, 0.2) is 42.5 Å². The van der Waals surface area contributed by atoms with Crippen molar-refractivity contribution in [2.45, 2.75) is 37.3 Å². The molecule has 172 valence electrons. The molecule has 2 fully saturated rings. The van der Waals surface area contributed by atoms with E-state index in [9.17, 15) is 23.2 Å². The number of hydrogen-bond donors (Lipinski definition) is 2. The van der Waals surface area contributed by atoms with Crippen molar-refractivity contribution in [3.05, 3.63) is 65.2 Å². The Hall–Kier alpha value is -3.49. The fraction of sp³-hybridized carbons (Fsp3) is 0.375. The summed E-state index contributed by atoms with van der Waals surface area (Å²) in [6.07, 6.45) is 1.30. The summed E-state index contributed by atoms with van der Waals surface area (Å²) >= 11 is 0. The SMILES string of the molecule is O=C1NC(=O)[C@]2(C[C@H](C(=O)N3CCC(Cc4ccc(F)cc4)CC3)Oc3ccc(F)cc32)N1. The smallest absolute Gasteiger partial charge is 0.322 e. The summed E-state index contributed by atoms with van der Waals surface area (Å²) in [7, 11) is 0. The standard InChI is InChI=1S/C24H23F2N3O4/c25-16-3-1-14(2-4-16)11-15-7-9-29(10-8-15)21(30)20-13-24(22(31)27-23(32)28-24)18-12-17(26)5-6-19(18)33-20/h1-6,12,15,20H,7-11,13H2,(H2,27,28,31,32)/t20-,24-/m1/s1. The number of hydrogen-bond acceptors (Lipinski definition) is 4. The normalized spacial score (nSPS) is 24.8. The molecule has 4 amide bonds. The lowest BCUT2D eigenvalue weighted by Crippen LogP contribution is -2.55. The fourth-order valence-corrected chi connectivity index (χ4v) is 5.00. The van der Waals surface area contributed by atoms with Gasteiger partial charge in [0.15, 0.2) is 11.6 Å². The second-order valence-corrected chi connectivity index (χ2v) is 8.86. The average molecular weight is 455 g/mol. The predicted octanol–water partition coefficient (Wildman–Crippen LogP) is 2.63. The molecule has 33 heavy (non-hydrogen) atoms. The van der Waals surface area contributed by atoms with Gasteiger partial charge in [0.25, 0.3) is 11.8 Å². The van der Waals surface area contributed by atoms with E-state index in [0.717, 1.165) is 30.9 Å². The molecule has 9 heteroatoms. The number of nitrogens with zero attached hydrogens (tertiary/aromatic N) is 1. The molecular formula is C24H23F2N3O4. The largest absolute Gasteiger partial charge is 0.480 e. The zero-order valence-electron chi connectivity index (χ0n) is 17.8. The number of piperidine rings is 1. The van der Waals surface area contributed by atoms with Crippen molar-refractivity contribution in [2.24, 2.45) is 5.92 Å². The van der Waals surface area contributed by atoms with E-state index in [2.05, 4.69) is 10.6 Å². The number of halogens is 2. The van der Waals surface area contributed by atoms with Gasteiger partial charge in [0, 0.05) is 25.1 Å². The number of carbonyl (C=O) groups excluding carboxylic acids is 3. The number of fused-ring (bicyclic) bond motifs is 2. The first-order valence-electron chi connectivity index (χ1n) is 11.0. The molecule has 0 aliphatic carbocycles. The highest BCUT2D eigenvalue weighted by molar-refractivity contribution is 6.08. The van der Waals surface area contributed by atoms with E-state index in [1.165, 1.54) is 24.3 Å². The van der Waals surface area contributed by atoms with Crippen LogP contribution in [0.2, 0.25) is 0 Å². The molecule has 2 saturated heterocycles. The highest BCUT2D eigenvalue weighted by atomic mass is 19.1. The van der Waals surface area contributed by atoms with Gasteiger partial charge in [-0.05, 0) is 61.1 Å². The zero-order chi connectivity index (χ0) is 23.2. The molecule has 2 aromatic carbocycles. The monoisotopic (exact) mass is 455 g/mol. The van der Waals surface area contributed by atoms with Gasteiger partial charge in [-0.2, -0.15) is 0 Å². The Morgan fingerprint density at radius 1 is 1.06 bits per heavy atom. The number of urea groups is 1.